The van der Waals surface area contributed by atoms with Crippen molar-refractivity contribution in [3.8, 4) is 5.75 Å². The standard InChI is InChI=1S/C14H19NO2S/c1-9-4-5-12(8-13(9)16)14(17)15-6-7-18-11(3)10(15)2/h4-5,8,10-11,16H,6-7H2,1-3H3. The van der Waals surface area contributed by atoms with Gasteiger partial charge in [0.2, 0.25) is 0 Å². The fourth-order valence-corrected chi connectivity index (χ4v) is 3.23. The molecule has 1 aliphatic rings. The first kappa shape index (κ1) is 13.3. The first-order chi connectivity index (χ1) is 8.50. The second-order valence-corrected chi connectivity index (χ2v) is 6.30. The van der Waals surface area contributed by atoms with E-state index in [1.807, 2.05) is 23.6 Å². The van der Waals surface area contributed by atoms with Crippen LogP contribution in [-0.2, 0) is 0 Å². The lowest BCUT2D eigenvalue weighted by Gasteiger charge is -2.37. The Balaban J connectivity index is 2.22. The molecule has 1 N–H and O–H groups in total. The Morgan fingerprint density at radius 1 is 1.44 bits per heavy atom. The third-order valence-corrected chi connectivity index (χ3v) is 4.94. The number of benzene rings is 1. The Hall–Kier alpha value is -1.16. The molecule has 1 heterocycles. The molecule has 2 rings (SSSR count). The average Bonchev–Trinajstić information content (AvgIpc) is 2.35. The fourth-order valence-electron chi connectivity index (χ4n) is 2.13. The van der Waals surface area contributed by atoms with E-state index in [1.165, 1.54) is 0 Å². The summed E-state index contributed by atoms with van der Waals surface area (Å²) >= 11 is 1.90. The number of aromatic hydroxyl groups is 1. The molecular formula is C14H19NO2S. The first-order valence-corrected chi connectivity index (χ1v) is 7.27. The molecule has 1 aliphatic heterocycles. The number of aryl methyl sites for hydroxylation is 1. The molecule has 1 amide bonds. The van der Waals surface area contributed by atoms with Crippen LogP contribution in [0.3, 0.4) is 0 Å². The lowest BCUT2D eigenvalue weighted by Crippen LogP contribution is -2.47. The summed E-state index contributed by atoms with van der Waals surface area (Å²) in [5, 5.41) is 10.2. The van der Waals surface area contributed by atoms with E-state index in [9.17, 15) is 9.90 Å². The third-order valence-electron chi connectivity index (χ3n) is 3.60. The van der Waals surface area contributed by atoms with E-state index in [0.29, 0.717) is 10.8 Å². The second kappa shape index (κ2) is 5.22. The van der Waals surface area contributed by atoms with E-state index >= 15 is 0 Å². The number of hydrogen-bond acceptors (Lipinski definition) is 3. The molecule has 0 aliphatic carbocycles. The maximum absolute atomic E-state index is 12.4. The predicted octanol–water partition coefficient (Wildman–Crippen LogP) is 2.67. The number of carbonyl (C=O) groups is 1. The van der Waals surface area contributed by atoms with Crippen molar-refractivity contribution in [1.29, 1.82) is 0 Å². The van der Waals surface area contributed by atoms with Crippen molar-refractivity contribution < 1.29 is 9.90 Å². The van der Waals surface area contributed by atoms with Crippen LogP contribution in [0.5, 0.6) is 5.75 Å². The number of phenolic OH excluding ortho intramolecular Hbond substituents is 1. The third kappa shape index (κ3) is 2.48. The highest BCUT2D eigenvalue weighted by molar-refractivity contribution is 8.00. The highest BCUT2D eigenvalue weighted by Gasteiger charge is 2.29. The summed E-state index contributed by atoms with van der Waals surface area (Å²) in [5.74, 6) is 1.19. The quantitative estimate of drug-likeness (QED) is 0.848. The van der Waals surface area contributed by atoms with Gasteiger partial charge in [0.1, 0.15) is 5.75 Å². The second-order valence-electron chi connectivity index (χ2n) is 4.82. The predicted molar refractivity (Wildman–Crippen MR) is 75.3 cm³/mol. The summed E-state index contributed by atoms with van der Waals surface area (Å²) < 4.78 is 0. The van der Waals surface area contributed by atoms with Crippen molar-refractivity contribution in [3.63, 3.8) is 0 Å². The molecule has 1 fully saturated rings. The van der Waals surface area contributed by atoms with Crippen LogP contribution in [0.1, 0.15) is 29.8 Å². The minimum Gasteiger partial charge on any atom is -0.508 e. The van der Waals surface area contributed by atoms with Gasteiger partial charge in [0.15, 0.2) is 0 Å². The fraction of sp³-hybridized carbons (Fsp3) is 0.500. The molecular weight excluding hydrogens is 246 g/mol. The maximum atomic E-state index is 12.4. The van der Waals surface area contributed by atoms with Crippen LogP contribution in [0.2, 0.25) is 0 Å². The molecule has 1 aromatic carbocycles. The molecule has 1 aromatic rings. The van der Waals surface area contributed by atoms with Crippen molar-refractivity contribution in [2.45, 2.75) is 32.1 Å². The van der Waals surface area contributed by atoms with E-state index in [4.69, 9.17) is 0 Å². The van der Waals surface area contributed by atoms with Gasteiger partial charge in [-0.15, -0.1) is 0 Å². The van der Waals surface area contributed by atoms with Gasteiger partial charge in [-0.1, -0.05) is 13.0 Å². The lowest BCUT2D eigenvalue weighted by molar-refractivity contribution is 0.0698. The zero-order valence-corrected chi connectivity index (χ0v) is 11.8. The van der Waals surface area contributed by atoms with Gasteiger partial charge in [0.25, 0.3) is 5.91 Å². The van der Waals surface area contributed by atoms with E-state index in [2.05, 4.69) is 13.8 Å². The van der Waals surface area contributed by atoms with Crippen molar-refractivity contribution >= 4 is 17.7 Å². The molecule has 2 unspecified atom stereocenters. The molecule has 0 saturated carbocycles. The first-order valence-electron chi connectivity index (χ1n) is 6.23. The topological polar surface area (TPSA) is 40.5 Å². The van der Waals surface area contributed by atoms with Crippen LogP contribution in [0.25, 0.3) is 0 Å². The number of hydrogen-bond donors (Lipinski definition) is 1. The van der Waals surface area contributed by atoms with E-state index in [-0.39, 0.29) is 17.7 Å². The number of rotatable bonds is 1. The Labute approximate surface area is 112 Å². The molecule has 4 heteroatoms. The van der Waals surface area contributed by atoms with E-state index < -0.39 is 0 Å². The molecule has 0 aromatic heterocycles. The number of phenols is 1. The van der Waals surface area contributed by atoms with Crippen LogP contribution in [0.15, 0.2) is 18.2 Å². The molecule has 0 spiro atoms. The Morgan fingerprint density at radius 3 is 2.83 bits per heavy atom. The number of thioether (sulfide) groups is 1. The molecule has 18 heavy (non-hydrogen) atoms. The Kier molecular flexibility index (Phi) is 3.85. The van der Waals surface area contributed by atoms with Crippen molar-refractivity contribution in [3.05, 3.63) is 29.3 Å². The summed E-state index contributed by atoms with van der Waals surface area (Å²) in [7, 11) is 0. The molecule has 3 nitrogen and oxygen atoms in total. The number of carbonyl (C=O) groups excluding carboxylic acids is 1. The summed E-state index contributed by atoms with van der Waals surface area (Å²) in [6, 6.07) is 5.38. The van der Waals surface area contributed by atoms with E-state index in [0.717, 1.165) is 17.9 Å². The van der Waals surface area contributed by atoms with Crippen LogP contribution in [0, 0.1) is 6.92 Å². The van der Waals surface area contributed by atoms with Crippen molar-refractivity contribution in [2.75, 3.05) is 12.3 Å². The average molecular weight is 265 g/mol. The van der Waals surface area contributed by atoms with Crippen LogP contribution in [-0.4, -0.2) is 39.5 Å². The van der Waals surface area contributed by atoms with Crippen LogP contribution < -0.4 is 0 Å². The smallest absolute Gasteiger partial charge is 0.254 e. The maximum Gasteiger partial charge on any atom is 0.254 e. The Bertz CT molecular complexity index is 461. The summed E-state index contributed by atoms with van der Waals surface area (Å²) in [6.07, 6.45) is 0. The zero-order chi connectivity index (χ0) is 13.3. The zero-order valence-electron chi connectivity index (χ0n) is 11.0. The minimum absolute atomic E-state index is 0.0185. The summed E-state index contributed by atoms with van der Waals surface area (Å²) in [4.78, 5) is 14.3. The van der Waals surface area contributed by atoms with Gasteiger partial charge in [-0.25, -0.2) is 0 Å². The molecule has 0 bridgehead atoms. The monoisotopic (exact) mass is 265 g/mol. The van der Waals surface area contributed by atoms with Gasteiger partial charge < -0.3 is 10.0 Å². The van der Waals surface area contributed by atoms with Gasteiger partial charge in [0.05, 0.1) is 0 Å². The summed E-state index contributed by atoms with van der Waals surface area (Å²) in [5.41, 5.74) is 1.37. The van der Waals surface area contributed by atoms with Crippen molar-refractivity contribution in [1.82, 2.24) is 4.90 Å². The highest BCUT2D eigenvalue weighted by Crippen LogP contribution is 2.26. The molecule has 0 radical (unpaired) electrons. The summed E-state index contributed by atoms with van der Waals surface area (Å²) in [6.45, 7) is 6.85. The molecule has 2 atom stereocenters. The largest absolute Gasteiger partial charge is 0.508 e. The van der Waals surface area contributed by atoms with Gasteiger partial charge in [0, 0.05) is 29.2 Å². The van der Waals surface area contributed by atoms with E-state index in [1.54, 1.807) is 18.2 Å². The SMILES string of the molecule is Cc1ccc(C(=O)N2CCSC(C)C2C)cc1O. The molecule has 1 saturated heterocycles. The normalized spacial score (nSPS) is 24.1. The van der Waals surface area contributed by atoms with Crippen LogP contribution in [0.4, 0.5) is 0 Å². The number of nitrogens with zero attached hydrogens (tertiary/aromatic N) is 1. The lowest BCUT2D eigenvalue weighted by atomic mass is 10.1. The minimum atomic E-state index is 0.0185. The van der Waals surface area contributed by atoms with Crippen molar-refractivity contribution in [2.24, 2.45) is 0 Å². The van der Waals surface area contributed by atoms with Gasteiger partial charge in [-0.05, 0) is 31.5 Å². The molecule has 98 valence electrons. The Morgan fingerprint density at radius 2 is 2.17 bits per heavy atom. The van der Waals surface area contributed by atoms with Gasteiger partial charge in [-0.2, -0.15) is 11.8 Å². The van der Waals surface area contributed by atoms with Gasteiger partial charge in [-0.3, -0.25) is 4.79 Å². The number of amides is 1. The van der Waals surface area contributed by atoms with Crippen LogP contribution >= 0.6 is 11.8 Å². The highest BCUT2D eigenvalue weighted by atomic mass is 32.2. The van der Waals surface area contributed by atoms with Gasteiger partial charge >= 0.3 is 0 Å².